The number of carbonyl (C=O) groups is 1. The van der Waals surface area contributed by atoms with Gasteiger partial charge in [0.25, 0.3) is 0 Å². The third kappa shape index (κ3) is 27.7. The van der Waals surface area contributed by atoms with Gasteiger partial charge in [0.15, 0.2) is 0 Å². The van der Waals surface area contributed by atoms with Crippen LogP contribution in [-0.4, -0.2) is 46.1 Å². The largest absolute Gasteiger partial charge is 0.394 e. The van der Waals surface area contributed by atoms with Gasteiger partial charge in [-0.15, -0.1) is 0 Å². The van der Waals surface area contributed by atoms with Crippen LogP contribution in [0.5, 0.6) is 0 Å². The van der Waals surface area contributed by atoms with Crippen molar-refractivity contribution in [1.82, 2.24) is 5.32 Å². The lowest BCUT2D eigenvalue weighted by atomic mass is 10.1. The molecule has 3 atom stereocenters. The van der Waals surface area contributed by atoms with Crippen LogP contribution in [0.3, 0.4) is 0 Å². The molecule has 0 aliphatic heterocycles. The monoisotopic (exact) mass is 571 g/mol. The van der Waals surface area contributed by atoms with E-state index in [0.29, 0.717) is 12.8 Å². The number of amides is 1. The lowest BCUT2D eigenvalue weighted by Crippen LogP contribution is -2.45. The highest BCUT2D eigenvalue weighted by Gasteiger charge is 2.17. The Hall–Kier alpha value is -2.21. The minimum Gasteiger partial charge on any atom is -0.394 e. The first kappa shape index (κ1) is 38.8. The minimum atomic E-state index is -0.874. The average molecular weight is 572 g/mol. The zero-order valence-corrected chi connectivity index (χ0v) is 26.1. The molecule has 0 aliphatic rings. The van der Waals surface area contributed by atoms with E-state index in [9.17, 15) is 20.1 Å². The topological polar surface area (TPSA) is 89.8 Å². The van der Waals surface area contributed by atoms with E-state index < -0.39 is 18.2 Å². The molecule has 234 valence electrons. The number of unbranched alkanes of at least 4 members (excludes halogenated alkanes) is 10. The number of hydrogen-bond donors (Lipinski definition) is 4. The number of nitrogens with one attached hydrogen (secondary N) is 1. The van der Waals surface area contributed by atoms with Crippen LogP contribution in [0.4, 0.5) is 0 Å². The van der Waals surface area contributed by atoms with Crippen molar-refractivity contribution in [2.45, 2.75) is 141 Å². The van der Waals surface area contributed by atoms with Gasteiger partial charge in [-0.3, -0.25) is 4.79 Å². The Morgan fingerprint density at radius 2 is 1.29 bits per heavy atom. The Morgan fingerprint density at radius 3 is 1.98 bits per heavy atom. The van der Waals surface area contributed by atoms with Crippen molar-refractivity contribution < 1.29 is 20.1 Å². The number of hydrogen-bond acceptors (Lipinski definition) is 4. The second-order valence-corrected chi connectivity index (χ2v) is 10.7. The van der Waals surface area contributed by atoms with Crippen LogP contribution in [-0.2, 0) is 4.79 Å². The molecule has 0 radical (unpaired) electrons. The van der Waals surface area contributed by atoms with Crippen LogP contribution in [0, 0.1) is 0 Å². The summed E-state index contributed by atoms with van der Waals surface area (Å²) in [7, 11) is 0. The highest BCUT2D eigenvalue weighted by molar-refractivity contribution is 5.76. The fraction of sp³-hybridized carbons (Fsp3) is 0.639. The number of carbonyl (C=O) groups excluding carboxylic acids is 1. The van der Waals surface area contributed by atoms with Crippen molar-refractivity contribution in [3.8, 4) is 0 Å². The molecule has 1 amide bonds. The fourth-order valence-corrected chi connectivity index (χ4v) is 4.23. The summed E-state index contributed by atoms with van der Waals surface area (Å²) in [6.45, 7) is 4.01. The summed E-state index contributed by atoms with van der Waals surface area (Å²) in [5.41, 5.74) is 0. The van der Waals surface area contributed by atoms with Crippen molar-refractivity contribution in [2.24, 2.45) is 0 Å². The zero-order valence-electron chi connectivity index (χ0n) is 26.1. The third-order valence-corrected chi connectivity index (χ3v) is 6.77. The van der Waals surface area contributed by atoms with Crippen molar-refractivity contribution in [2.75, 3.05) is 6.61 Å². The van der Waals surface area contributed by atoms with Gasteiger partial charge in [0.1, 0.15) is 0 Å². The predicted octanol–water partition coefficient (Wildman–Crippen LogP) is 8.19. The van der Waals surface area contributed by atoms with E-state index in [4.69, 9.17) is 0 Å². The Morgan fingerprint density at radius 1 is 0.683 bits per heavy atom. The molecule has 5 nitrogen and oxygen atoms in total. The maximum atomic E-state index is 12.2. The van der Waals surface area contributed by atoms with Crippen LogP contribution in [0.2, 0.25) is 0 Å². The second kappa shape index (κ2) is 30.7. The summed E-state index contributed by atoms with van der Waals surface area (Å²) in [4.78, 5) is 12.2. The summed E-state index contributed by atoms with van der Waals surface area (Å²) >= 11 is 0. The maximum Gasteiger partial charge on any atom is 0.220 e. The molecule has 4 N–H and O–H groups in total. The average Bonchev–Trinajstić information content (AvgIpc) is 2.97. The van der Waals surface area contributed by atoms with Gasteiger partial charge in [0.2, 0.25) is 5.91 Å². The molecule has 5 heteroatoms. The van der Waals surface area contributed by atoms with Crippen LogP contribution < -0.4 is 5.32 Å². The SMILES string of the molecule is CC/C=C\C(O)C/C=C/C=C\C/C=C\C/C=C\CCCC(=O)N[C@@H](CO)[C@H](O)/C=C/CCCCCCCCCCC. The summed E-state index contributed by atoms with van der Waals surface area (Å²) in [5.74, 6) is -0.142. The second-order valence-electron chi connectivity index (χ2n) is 10.7. The smallest absolute Gasteiger partial charge is 0.220 e. The molecular weight excluding hydrogens is 510 g/mol. The number of rotatable bonds is 27. The minimum absolute atomic E-state index is 0.142. The van der Waals surface area contributed by atoms with Crippen molar-refractivity contribution in [1.29, 1.82) is 0 Å². The van der Waals surface area contributed by atoms with Gasteiger partial charge in [-0.25, -0.2) is 0 Å². The van der Waals surface area contributed by atoms with Gasteiger partial charge in [-0.2, -0.15) is 0 Å². The first-order chi connectivity index (χ1) is 20.0. The van der Waals surface area contributed by atoms with E-state index in [-0.39, 0.29) is 12.5 Å². The number of aliphatic hydroxyl groups excluding tert-OH is 3. The first-order valence-corrected chi connectivity index (χ1v) is 16.3. The Bertz CT molecular complexity index is 766. The molecule has 0 aromatic heterocycles. The molecule has 0 aromatic carbocycles. The molecule has 0 saturated carbocycles. The Labute approximate surface area is 251 Å². The maximum absolute atomic E-state index is 12.2. The van der Waals surface area contributed by atoms with Gasteiger partial charge in [-0.1, -0.05) is 138 Å². The lowest BCUT2D eigenvalue weighted by Gasteiger charge is -2.19. The molecule has 0 rings (SSSR count). The molecule has 0 aliphatic carbocycles. The Kier molecular flexibility index (Phi) is 29.1. The summed E-state index contributed by atoms with van der Waals surface area (Å²) in [6, 6.07) is -0.665. The predicted molar refractivity (Wildman–Crippen MR) is 176 cm³/mol. The summed E-state index contributed by atoms with van der Waals surface area (Å²) < 4.78 is 0. The normalized spacial score (nSPS) is 15.0. The standard InChI is InChI=1S/C36H61NO4/c1-3-5-7-8-9-10-13-17-20-23-26-30-35(40)34(32-38)37-36(41)31-27-24-21-18-15-12-11-14-16-19-22-25-29-33(39)28-6-4-2/h6,11-12,16,18-19,21-22,25-26,28,30,33-35,38-40H,3-5,7-10,13-15,17,20,23-24,27,29,31-32H2,1-2H3,(H,37,41)/b12-11-,19-16-,21-18-,25-22+,28-6-,30-26+/t33?,34-,35+/m0/s1. The molecule has 0 spiro atoms. The van der Waals surface area contributed by atoms with Gasteiger partial charge >= 0.3 is 0 Å². The van der Waals surface area contributed by atoms with E-state index >= 15 is 0 Å². The van der Waals surface area contributed by atoms with Gasteiger partial charge in [0, 0.05) is 6.42 Å². The lowest BCUT2D eigenvalue weighted by molar-refractivity contribution is -0.122. The molecule has 41 heavy (non-hydrogen) atoms. The highest BCUT2D eigenvalue weighted by atomic mass is 16.3. The molecule has 0 fully saturated rings. The van der Waals surface area contributed by atoms with E-state index in [1.165, 1.54) is 51.4 Å². The van der Waals surface area contributed by atoms with Crippen LogP contribution in [0.25, 0.3) is 0 Å². The van der Waals surface area contributed by atoms with Gasteiger partial charge < -0.3 is 20.6 Å². The molecule has 1 unspecified atom stereocenters. The van der Waals surface area contributed by atoms with Crippen molar-refractivity contribution >= 4 is 5.91 Å². The highest BCUT2D eigenvalue weighted by Crippen LogP contribution is 2.11. The molecule has 0 heterocycles. The van der Waals surface area contributed by atoms with Crippen LogP contribution in [0.15, 0.2) is 72.9 Å². The molecule has 0 bridgehead atoms. The Balaban J connectivity index is 3.88. The summed E-state index contributed by atoms with van der Waals surface area (Å²) in [5, 5.41) is 32.4. The third-order valence-electron chi connectivity index (χ3n) is 6.77. The van der Waals surface area contributed by atoms with E-state index in [2.05, 4.69) is 42.6 Å². The molecular formula is C36H61NO4. The number of allylic oxidation sites excluding steroid dienone is 9. The molecule has 0 aromatic rings. The van der Waals surface area contributed by atoms with E-state index in [1.54, 1.807) is 6.08 Å². The van der Waals surface area contributed by atoms with E-state index in [0.717, 1.165) is 44.9 Å². The summed E-state index contributed by atoms with van der Waals surface area (Å²) in [6.07, 6.45) is 40.3. The zero-order chi connectivity index (χ0) is 30.2. The first-order valence-electron chi connectivity index (χ1n) is 16.3. The van der Waals surface area contributed by atoms with Crippen LogP contribution in [0.1, 0.15) is 123 Å². The van der Waals surface area contributed by atoms with Gasteiger partial charge in [-0.05, 0) is 51.4 Å². The van der Waals surface area contributed by atoms with E-state index in [1.807, 2.05) is 43.4 Å². The fourth-order valence-electron chi connectivity index (χ4n) is 4.23. The van der Waals surface area contributed by atoms with Gasteiger partial charge in [0.05, 0.1) is 24.9 Å². The molecule has 0 saturated heterocycles. The van der Waals surface area contributed by atoms with Crippen molar-refractivity contribution in [3.63, 3.8) is 0 Å². The quantitative estimate of drug-likeness (QED) is 0.0454. The van der Waals surface area contributed by atoms with Crippen molar-refractivity contribution in [3.05, 3.63) is 72.9 Å². The number of aliphatic hydroxyl groups is 3. The van der Waals surface area contributed by atoms with Crippen LogP contribution >= 0.6 is 0 Å².